The minimum atomic E-state index is -1.00. The molecule has 0 aliphatic carbocycles. The van der Waals surface area contributed by atoms with E-state index in [-0.39, 0.29) is 0 Å². The maximum Gasteiger partial charge on any atom is 0.0573 e. The smallest absolute Gasteiger partial charge is 0.0573 e. The van der Waals surface area contributed by atoms with Crippen LogP contribution < -0.4 is 0 Å². The molecule has 0 aromatic carbocycles. The molecule has 0 spiro atoms. The summed E-state index contributed by atoms with van der Waals surface area (Å²) in [5.41, 5.74) is 7.97. The van der Waals surface area contributed by atoms with Gasteiger partial charge in [0.05, 0.1) is 8.07 Å². The van der Waals surface area contributed by atoms with Crippen LogP contribution in [0, 0.1) is 11.8 Å². The predicted molar refractivity (Wildman–Crippen MR) is 54.6 cm³/mol. The average molecular weight is 181 g/mol. The van der Waals surface area contributed by atoms with Crippen LogP contribution in [0.15, 0.2) is 5.11 Å². The zero-order valence-electron chi connectivity index (χ0n) is 7.96. The first-order valence-corrected chi connectivity index (χ1v) is 7.73. The van der Waals surface area contributed by atoms with Crippen molar-refractivity contribution in [2.24, 2.45) is 5.11 Å². The number of hydrogen-bond donors (Lipinski definition) is 0. The fraction of sp³-hybridized carbons (Fsp3) is 0.750. The molecule has 66 valence electrons. The Bertz CT molecular complexity index is 225. The molecule has 3 nitrogen and oxygen atoms in total. The van der Waals surface area contributed by atoms with Gasteiger partial charge in [0.1, 0.15) is 0 Å². The zero-order chi connectivity index (χ0) is 9.45. The lowest BCUT2D eigenvalue weighted by Crippen LogP contribution is -2.17. The normalized spacial score (nSPS) is 9.58. The highest BCUT2D eigenvalue weighted by molar-refractivity contribution is 6.76. The highest BCUT2D eigenvalue weighted by atomic mass is 28.3. The molecular weight excluding hydrogens is 166 g/mol. The monoisotopic (exact) mass is 181 g/mol. The number of hydrogen-bond acceptors (Lipinski definition) is 1. The van der Waals surface area contributed by atoms with Crippen LogP contribution >= 0.6 is 0 Å². The van der Waals surface area contributed by atoms with Crippen LogP contribution in [-0.2, 0) is 0 Å². The Kier molecular flexibility index (Phi) is 5.27. The van der Waals surface area contributed by atoms with Crippen molar-refractivity contribution in [3.63, 3.8) is 0 Å². The lowest BCUT2D eigenvalue weighted by atomic mass is 10.4. The molecule has 0 aromatic heterocycles. The first-order chi connectivity index (χ1) is 5.56. The third kappa shape index (κ3) is 9.09. The van der Waals surface area contributed by atoms with Crippen LogP contribution in [0.5, 0.6) is 0 Å². The standard InChI is InChI=1S/C8H15N3Si/c1-12(2,3)8-6-4-5-7-10-11-9/h5,7-8H2,1-3H3. The summed E-state index contributed by atoms with van der Waals surface area (Å²) < 4.78 is 0. The Balaban J connectivity index is 3.54. The quantitative estimate of drug-likeness (QED) is 0.160. The number of azide groups is 1. The van der Waals surface area contributed by atoms with E-state index in [9.17, 15) is 0 Å². The minimum absolute atomic E-state index is 0.495. The third-order valence-corrected chi connectivity index (χ3v) is 2.38. The fourth-order valence-electron chi connectivity index (χ4n) is 0.567. The van der Waals surface area contributed by atoms with Gasteiger partial charge >= 0.3 is 0 Å². The molecule has 0 unspecified atom stereocenters. The summed E-state index contributed by atoms with van der Waals surface area (Å²) in [5, 5.41) is 3.40. The van der Waals surface area contributed by atoms with Gasteiger partial charge in [-0.1, -0.05) is 24.8 Å². The van der Waals surface area contributed by atoms with Crippen LogP contribution in [0.4, 0.5) is 0 Å². The van der Waals surface area contributed by atoms with E-state index in [1.807, 2.05) is 0 Å². The Morgan fingerprint density at radius 2 is 2.00 bits per heavy atom. The van der Waals surface area contributed by atoms with Gasteiger partial charge in [0.15, 0.2) is 0 Å². The van der Waals surface area contributed by atoms with Gasteiger partial charge in [-0.05, 0) is 5.53 Å². The summed E-state index contributed by atoms with van der Waals surface area (Å²) in [4.78, 5) is 2.65. The van der Waals surface area contributed by atoms with Gasteiger partial charge in [0.25, 0.3) is 0 Å². The summed E-state index contributed by atoms with van der Waals surface area (Å²) in [6.07, 6.45) is 0.689. The van der Waals surface area contributed by atoms with E-state index in [2.05, 4.69) is 41.5 Å². The van der Waals surface area contributed by atoms with E-state index in [0.29, 0.717) is 13.0 Å². The molecule has 0 aliphatic heterocycles. The van der Waals surface area contributed by atoms with E-state index in [0.717, 1.165) is 6.04 Å². The molecule has 4 heteroatoms. The molecule has 0 rings (SSSR count). The molecular formula is C8H15N3Si. The van der Waals surface area contributed by atoms with E-state index in [1.54, 1.807) is 0 Å². The molecule has 0 amide bonds. The van der Waals surface area contributed by atoms with Gasteiger partial charge in [0.2, 0.25) is 0 Å². The van der Waals surface area contributed by atoms with Crippen molar-refractivity contribution >= 4 is 8.07 Å². The van der Waals surface area contributed by atoms with E-state index < -0.39 is 8.07 Å². The van der Waals surface area contributed by atoms with Crippen LogP contribution in [0.3, 0.4) is 0 Å². The van der Waals surface area contributed by atoms with Gasteiger partial charge in [-0.15, -0.1) is 11.8 Å². The van der Waals surface area contributed by atoms with Gasteiger partial charge in [-0.3, -0.25) is 0 Å². The summed E-state index contributed by atoms with van der Waals surface area (Å²) >= 11 is 0. The second kappa shape index (κ2) is 5.70. The van der Waals surface area contributed by atoms with Crippen molar-refractivity contribution in [1.82, 2.24) is 0 Å². The third-order valence-electron chi connectivity index (χ3n) is 1.14. The molecule has 0 heterocycles. The highest BCUT2D eigenvalue weighted by Gasteiger charge is 2.09. The van der Waals surface area contributed by atoms with Crippen LogP contribution in [0.2, 0.25) is 25.7 Å². The Hall–Kier alpha value is -0.913. The van der Waals surface area contributed by atoms with E-state index >= 15 is 0 Å². The molecule has 12 heavy (non-hydrogen) atoms. The molecule has 0 fully saturated rings. The summed E-state index contributed by atoms with van der Waals surface area (Å²) in [6.45, 7) is 7.36. The molecule has 0 N–H and O–H groups in total. The summed E-state index contributed by atoms with van der Waals surface area (Å²) in [6, 6.07) is 1.03. The topological polar surface area (TPSA) is 48.8 Å². The van der Waals surface area contributed by atoms with Gasteiger partial charge in [-0.25, -0.2) is 0 Å². The molecule has 0 atom stereocenters. The highest BCUT2D eigenvalue weighted by Crippen LogP contribution is 2.05. The van der Waals surface area contributed by atoms with Crippen LogP contribution in [-0.4, -0.2) is 14.6 Å². The van der Waals surface area contributed by atoms with E-state index in [1.165, 1.54) is 0 Å². The van der Waals surface area contributed by atoms with Crippen LogP contribution in [0.1, 0.15) is 6.42 Å². The molecule has 0 saturated heterocycles. The Morgan fingerprint density at radius 3 is 2.50 bits per heavy atom. The first-order valence-electron chi connectivity index (χ1n) is 4.03. The molecule has 0 aromatic rings. The first kappa shape index (κ1) is 11.1. The van der Waals surface area contributed by atoms with Crippen molar-refractivity contribution in [1.29, 1.82) is 0 Å². The predicted octanol–water partition coefficient (Wildman–Crippen LogP) is 3.03. The Morgan fingerprint density at radius 1 is 1.33 bits per heavy atom. The zero-order valence-corrected chi connectivity index (χ0v) is 8.96. The molecule has 0 bridgehead atoms. The maximum atomic E-state index is 7.97. The van der Waals surface area contributed by atoms with Crippen molar-refractivity contribution in [3.05, 3.63) is 10.4 Å². The van der Waals surface area contributed by atoms with Crippen LogP contribution in [0.25, 0.3) is 10.4 Å². The molecule has 0 saturated carbocycles. The van der Waals surface area contributed by atoms with Gasteiger partial charge in [0, 0.05) is 23.9 Å². The lowest BCUT2D eigenvalue weighted by Gasteiger charge is -2.09. The van der Waals surface area contributed by atoms with Crippen molar-refractivity contribution in [2.75, 3.05) is 6.54 Å². The largest absolute Gasteiger partial charge is 0.106 e. The molecule has 0 aliphatic rings. The fourth-order valence-corrected chi connectivity index (χ4v) is 1.22. The van der Waals surface area contributed by atoms with Crippen molar-refractivity contribution < 1.29 is 0 Å². The molecule has 0 radical (unpaired) electrons. The summed E-state index contributed by atoms with van der Waals surface area (Å²) in [7, 11) is -1.00. The lowest BCUT2D eigenvalue weighted by molar-refractivity contribution is 1.01. The number of nitrogens with zero attached hydrogens (tertiary/aromatic N) is 3. The second-order valence-electron chi connectivity index (χ2n) is 3.80. The number of rotatable bonds is 3. The Labute approximate surface area is 74.8 Å². The maximum absolute atomic E-state index is 7.97. The minimum Gasteiger partial charge on any atom is -0.106 e. The second-order valence-corrected chi connectivity index (χ2v) is 9.27. The van der Waals surface area contributed by atoms with Gasteiger partial charge < -0.3 is 0 Å². The average Bonchev–Trinajstić information content (AvgIpc) is 1.94. The van der Waals surface area contributed by atoms with E-state index in [4.69, 9.17) is 5.53 Å². The van der Waals surface area contributed by atoms with Crippen molar-refractivity contribution in [3.8, 4) is 11.8 Å². The SMILES string of the molecule is C[Si](C)(C)CC#CCCN=[N+]=[N-]. The summed E-state index contributed by atoms with van der Waals surface area (Å²) in [5.74, 6) is 6.11. The van der Waals surface area contributed by atoms with Crippen molar-refractivity contribution in [2.45, 2.75) is 32.1 Å². The van der Waals surface area contributed by atoms with Gasteiger partial charge in [-0.2, -0.15) is 0 Å².